The number of nitrogens with zero attached hydrogens (tertiary/aromatic N) is 5. The summed E-state index contributed by atoms with van der Waals surface area (Å²) in [4.78, 5) is 37.7. The predicted molar refractivity (Wildman–Crippen MR) is 168 cm³/mol. The van der Waals surface area contributed by atoms with Crippen molar-refractivity contribution in [2.45, 2.75) is 32.2 Å². The van der Waals surface area contributed by atoms with Crippen molar-refractivity contribution in [3.63, 3.8) is 0 Å². The quantitative estimate of drug-likeness (QED) is 0.358. The monoisotopic (exact) mass is 587 g/mol. The summed E-state index contributed by atoms with van der Waals surface area (Å²) in [6.07, 6.45) is 4.47. The highest BCUT2D eigenvalue weighted by Crippen LogP contribution is 2.35. The second kappa shape index (κ2) is 12.5. The molecule has 0 spiro atoms. The summed E-state index contributed by atoms with van der Waals surface area (Å²) < 4.78 is 2.13. The van der Waals surface area contributed by atoms with E-state index in [4.69, 9.17) is 0 Å². The van der Waals surface area contributed by atoms with Gasteiger partial charge in [0.2, 0.25) is 0 Å². The number of aliphatic hydroxyl groups excluding tert-OH is 1. The summed E-state index contributed by atoms with van der Waals surface area (Å²) in [6.45, 7) is 5.22. The van der Waals surface area contributed by atoms with Gasteiger partial charge in [0.05, 0.1) is 29.5 Å². The molecule has 2 amide bonds. The van der Waals surface area contributed by atoms with Crippen LogP contribution in [0.2, 0.25) is 0 Å². The summed E-state index contributed by atoms with van der Waals surface area (Å²) in [5, 5.41) is 10.7. The molecule has 42 heavy (non-hydrogen) atoms. The first-order chi connectivity index (χ1) is 20.0. The third-order valence-electron chi connectivity index (χ3n) is 8.60. The molecule has 2 aliphatic rings. The average molecular weight is 588 g/mol. The van der Waals surface area contributed by atoms with E-state index < -0.39 is 0 Å². The number of fused-ring (bicyclic) bond motifs is 1. The lowest BCUT2D eigenvalue weighted by Crippen LogP contribution is -2.49. The first-order valence-electron chi connectivity index (χ1n) is 14.5. The number of carbonyl (C=O) groups excluding carboxylic acids is 2. The minimum absolute atomic E-state index is 0. The van der Waals surface area contributed by atoms with Crippen LogP contribution in [0.15, 0.2) is 66.9 Å². The Hall–Kier alpha value is -3.88. The average Bonchev–Trinajstić information content (AvgIpc) is 3.31. The molecule has 4 heterocycles. The second-order valence-electron chi connectivity index (χ2n) is 11.2. The first kappa shape index (κ1) is 29.6. The van der Waals surface area contributed by atoms with Crippen LogP contribution in [0.3, 0.4) is 0 Å². The van der Waals surface area contributed by atoms with Gasteiger partial charge < -0.3 is 24.4 Å². The lowest BCUT2D eigenvalue weighted by molar-refractivity contribution is 0.0502. The highest BCUT2D eigenvalue weighted by Gasteiger charge is 2.30. The molecule has 1 unspecified atom stereocenters. The number of hydrogen-bond acceptors (Lipinski definition) is 5. The van der Waals surface area contributed by atoms with Crippen LogP contribution in [0.1, 0.15) is 45.5 Å². The Morgan fingerprint density at radius 3 is 2.38 bits per heavy atom. The Balaban J connectivity index is 0.00000353. The molecule has 2 aromatic heterocycles. The van der Waals surface area contributed by atoms with Crippen molar-refractivity contribution in [2.75, 3.05) is 44.2 Å². The lowest BCUT2D eigenvalue weighted by Gasteiger charge is -2.36. The Morgan fingerprint density at radius 2 is 1.69 bits per heavy atom. The zero-order chi connectivity index (χ0) is 28.5. The van der Waals surface area contributed by atoms with Crippen LogP contribution in [0, 0.1) is 6.92 Å². The van der Waals surface area contributed by atoms with E-state index in [9.17, 15) is 14.7 Å². The van der Waals surface area contributed by atoms with Gasteiger partial charge in [-0.3, -0.25) is 9.59 Å². The Morgan fingerprint density at radius 1 is 0.929 bits per heavy atom. The van der Waals surface area contributed by atoms with Crippen LogP contribution >= 0.6 is 12.4 Å². The van der Waals surface area contributed by atoms with Crippen LogP contribution in [0.4, 0.5) is 5.82 Å². The number of likely N-dealkylation sites (tertiary alicyclic amines) is 1. The van der Waals surface area contributed by atoms with Crippen molar-refractivity contribution in [3.05, 3.63) is 83.6 Å². The van der Waals surface area contributed by atoms with Crippen LogP contribution in [0.5, 0.6) is 0 Å². The molecule has 220 valence electrons. The summed E-state index contributed by atoms with van der Waals surface area (Å²) >= 11 is 0. The van der Waals surface area contributed by atoms with E-state index >= 15 is 0 Å². The molecular weight excluding hydrogens is 550 g/mol. The molecule has 2 aliphatic heterocycles. The third-order valence-corrected chi connectivity index (χ3v) is 8.60. The van der Waals surface area contributed by atoms with Crippen molar-refractivity contribution in [3.8, 4) is 11.3 Å². The van der Waals surface area contributed by atoms with Gasteiger partial charge in [0.15, 0.2) is 0 Å². The van der Waals surface area contributed by atoms with E-state index in [1.165, 1.54) is 0 Å². The molecule has 2 aromatic carbocycles. The Bertz CT molecular complexity index is 1560. The molecule has 0 bridgehead atoms. The summed E-state index contributed by atoms with van der Waals surface area (Å²) in [5.74, 6) is 0.781. The molecule has 0 radical (unpaired) electrons. The van der Waals surface area contributed by atoms with Crippen LogP contribution in [-0.4, -0.2) is 81.6 Å². The van der Waals surface area contributed by atoms with E-state index in [0.717, 1.165) is 58.4 Å². The fraction of sp³-hybridized carbons (Fsp3) is 0.364. The number of benzene rings is 2. The molecule has 0 saturated carbocycles. The van der Waals surface area contributed by atoms with Gasteiger partial charge in [-0.25, -0.2) is 4.98 Å². The van der Waals surface area contributed by atoms with Gasteiger partial charge in [0.25, 0.3) is 11.8 Å². The molecule has 4 aromatic rings. The van der Waals surface area contributed by atoms with Crippen molar-refractivity contribution >= 4 is 40.9 Å². The number of aromatic nitrogens is 2. The zero-order valence-corrected chi connectivity index (χ0v) is 25.0. The van der Waals surface area contributed by atoms with E-state index in [2.05, 4.69) is 51.7 Å². The number of rotatable bonds is 5. The number of amides is 2. The van der Waals surface area contributed by atoms with Gasteiger partial charge >= 0.3 is 0 Å². The number of carbonyl (C=O) groups is 2. The number of hydrogen-bond donors (Lipinski definition) is 1. The topological polar surface area (TPSA) is 81.9 Å². The molecule has 0 aliphatic carbocycles. The second-order valence-corrected chi connectivity index (χ2v) is 11.2. The third kappa shape index (κ3) is 5.49. The van der Waals surface area contributed by atoms with Gasteiger partial charge in [-0.15, -0.1) is 12.4 Å². The van der Waals surface area contributed by atoms with Gasteiger partial charge in [-0.05, 0) is 56.0 Å². The maximum atomic E-state index is 14.1. The van der Waals surface area contributed by atoms with Crippen molar-refractivity contribution in [1.82, 2.24) is 19.4 Å². The number of halogens is 1. The molecule has 2 fully saturated rings. The molecule has 1 N–H and O–H groups in total. The standard InChI is InChI=1S/C33H37N5O3.ClH/c1-23-11-13-28-27(20-23)30(31(35(28)2)24-8-4-3-5-9-24)33(41)37-18-16-36(17-19-37)29-14-12-25(21-34-29)32(40)38-15-7-6-10-26(38)22-39;/h3-5,8-9,11-14,20-21,26,39H,6-7,10,15-19,22H2,1-2H3;1H. The van der Waals surface area contributed by atoms with Gasteiger partial charge in [-0.1, -0.05) is 42.0 Å². The number of aryl methyl sites for hydroxylation is 2. The Kier molecular flexibility index (Phi) is 8.85. The number of piperidine rings is 1. The van der Waals surface area contributed by atoms with Crippen LogP contribution in [0.25, 0.3) is 22.2 Å². The zero-order valence-electron chi connectivity index (χ0n) is 24.2. The van der Waals surface area contributed by atoms with E-state index in [-0.39, 0.29) is 36.9 Å². The normalized spacial score (nSPS) is 17.3. The first-order valence-corrected chi connectivity index (χ1v) is 14.5. The minimum atomic E-state index is -0.116. The highest BCUT2D eigenvalue weighted by atomic mass is 35.5. The molecule has 8 nitrogen and oxygen atoms in total. The predicted octanol–water partition coefficient (Wildman–Crippen LogP) is 4.92. The molecule has 6 rings (SSSR count). The summed E-state index contributed by atoms with van der Waals surface area (Å²) in [6, 6.07) is 20.0. The number of anilines is 1. The maximum Gasteiger partial charge on any atom is 0.256 e. The summed E-state index contributed by atoms with van der Waals surface area (Å²) in [5.41, 5.74) is 5.44. The highest BCUT2D eigenvalue weighted by molar-refractivity contribution is 6.13. The minimum Gasteiger partial charge on any atom is -0.394 e. The maximum absolute atomic E-state index is 14.1. The largest absolute Gasteiger partial charge is 0.394 e. The number of aliphatic hydroxyl groups is 1. The lowest BCUT2D eigenvalue weighted by atomic mass is 10.0. The van der Waals surface area contributed by atoms with Gasteiger partial charge in [0, 0.05) is 56.9 Å². The molecule has 2 saturated heterocycles. The Labute approximate surface area is 253 Å². The van der Waals surface area contributed by atoms with E-state index in [1.54, 1.807) is 11.1 Å². The molecular formula is C33H38ClN5O3. The van der Waals surface area contributed by atoms with Crippen molar-refractivity contribution < 1.29 is 14.7 Å². The van der Waals surface area contributed by atoms with Crippen molar-refractivity contribution in [2.24, 2.45) is 7.05 Å². The van der Waals surface area contributed by atoms with Crippen LogP contribution < -0.4 is 4.90 Å². The van der Waals surface area contributed by atoms with Crippen LogP contribution in [-0.2, 0) is 7.05 Å². The number of piperazine rings is 1. The van der Waals surface area contributed by atoms with E-state index in [1.807, 2.05) is 42.3 Å². The van der Waals surface area contributed by atoms with Gasteiger partial charge in [-0.2, -0.15) is 0 Å². The van der Waals surface area contributed by atoms with Gasteiger partial charge in [0.1, 0.15) is 5.82 Å². The molecule has 1 atom stereocenters. The smallest absolute Gasteiger partial charge is 0.256 e. The SMILES string of the molecule is Cc1ccc2c(c1)c(C(=O)N1CCN(c3ccc(C(=O)N4CCCCC4CO)cn3)CC1)c(-c1ccccc1)n2C.Cl. The fourth-order valence-electron chi connectivity index (χ4n) is 6.33. The summed E-state index contributed by atoms with van der Waals surface area (Å²) in [7, 11) is 2.03. The number of pyridine rings is 1. The van der Waals surface area contributed by atoms with Crippen molar-refractivity contribution in [1.29, 1.82) is 0 Å². The molecule has 9 heteroatoms. The van der Waals surface area contributed by atoms with E-state index in [0.29, 0.717) is 38.3 Å². The fourth-order valence-corrected chi connectivity index (χ4v) is 6.33.